The molecule has 16 heteroatoms. The van der Waals surface area contributed by atoms with Crippen LogP contribution in [-0.2, 0) is 33.7 Å². The molecule has 214 valence electrons. The van der Waals surface area contributed by atoms with Crippen molar-refractivity contribution in [3.63, 3.8) is 0 Å². The van der Waals surface area contributed by atoms with E-state index >= 15 is 0 Å². The molecule has 14 nitrogen and oxygen atoms in total. The summed E-state index contributed by atoms with van der Waals surface area (Å²) in [4.78, 5) is 58.8. The number of phosphoric acid groups is 1. The summed E-state index contributed by atoms with van der Waals surface area (Å²) in [5.41, 5.74) is -0.722. The number of nitrogens with zero attached hydrogens (tertiary/aromatic N) is 1. The number of para-hydroxylation sites is 1. The van der Waals surface area contributed by atoms with Crippen LogP contribution in [0.15, 0.2) is 82.5 Å². The van der Waals surface area contributed by atoms with E-state index in [9.17, 15) is 38.4 Å². The fourth-order valence-electron chi connectivity index (χ4n) is 4.21. The zero-order valence-electron chi connectivity index (χ0n) is 20.8. The number of anilines is 1. The van der Waals surface area contributed by atoms with E-state index in [1.807, 2.05) is 4.98 Å². The number of benzene rings is 2. The number of aliphatic hydroxyl groups is 1. The van der Waals surface area contributed by atoms with Gasteiger partial charge in [0, 0.05) is 30.3 Å². The number of phosphoric ester groups is 1. The van der Waals surface area contributed by atoms with E-state index in [0.29, 0.717) is 11.3 Å². The summed E-state index contributed by atoms with van der Waals surface area (Å²) in [6, 6.07) is 17.5. The smallest absolute Gasteiger partial charge is 0.388 e. The second-order valence-electron chi connectivity index (χ2n) is 8.98. The summed E-state index contributed by atoms with van der Waals surface area (Å²) in [5.74, 6) is -1.61. The van der Waals surface area contributed by atoms with Gasteiger partial charge in [0.2, 0.25) is 5.91 Å². The average molecular weight is 595 g/mol. The maximum Gasteiger partial charge on any atom is 0.479 e. The second kappa shape index (κ2) is 12.5. The van der Waals surface area contributed by atoms with Gasteiger partial charge in [0.1, 0.15) is 6.10 Å². The van der Waals surface area contributed by atoms with Crippen molar-refractivity contribution in [1.82, 2.24) is 9.55 Å². The van der Waals surface area contributed by atoms with Crippen LogP contribution in [0.3, 0.4) is 0 Å². The Balaban J connectivity index is 1.49. The molecule has 1 amide bonds. The van der Waals surface area contributed by atoms with Gasteiger partial charge < -0.3 is 24.9 Å². The highest BCUT2D eigenvalue weighted by molar-refractivity contribution is 7.63. The molecule has 1 fully saturated rings. The fourth-order valence-corrected chi connectivity index (χ4v) is 6.92. The van der Waals surface area contributed by atoms with Gasteiger partial charge in [0.25, 0.3) is 5.56 Å². The van der Waals surface area contributed by atoms with Crippen LogP contribution in [-0.4, -0.2) is 49.2 Å². The molecule has 5 N–H and O–H groups in total. The lowest BCUT2D eigenvalue weighted by Gasteiger charge is -2.21. The lowest BCUT2D eigenvalue weighted by molar-refractivity contribution is -0.118. The SMILES string of the molecule is O=C(C[C@H]1[C@@H](O)[C@H](n2ccc(=O)[nH]c2=O)O[C@@H]1COP(=O)(O)OP(=O)(O)Cc1ccccc1)Nc1ccccc1. The third-order valence-electron chi connectivity index (χ3n) is 5.98. The number of hydrogen-bond donors (Lipinski definition) is 5. The minimum Gasteiger partial charge on any atom is -0.388 e. The Labute approximate surface area is 227 Å². The van der Waals surface area contributed by atoms with E-state index in [1.54, 1.807) is 48.5 Å². The number of H-pyrrole nitrogens is 1. The molecule has 0 bridgehead atoms. The Morgan fingerprint density at radius 2 is 1.68 bits per heavy atom. The van der Waals surface area contributed by atoms with Crippen LogP contribution < -0.4 is 16.6 Å². The van der Waals surface area contributed by atoms with Crippen LogP contribution in [0.2, 0.25) is 0 Å². The summed E-state index contributed by atoms with van der Waals surface area (Å²) in [5, 5.41) is 13.7. The van der Waals surface area contributed by atoms with Crippen molar-refractivity contribution in [3.05, 3.63) is 99.3 Å². The Hall–Kier alpha value is -3.19. The number of amides is 1. The Bertz CT molecular complexity index is 1530. The van der Waals surface area contributed by atoms with Gasteiger partial charge in [-0.2, -0.15) is 0 Å². The number of aliphatic hydroxyl groups excluding tert-OH is 1. The van der Waals surface area contributed by atoms with E-state index in [4.69, 9.17) is 9.26 Å². The minimum atomic E-state index is -5.14. The van der Waals surface area contributed by atoms with Crippen molar-refractivity contribution in [2.24, 2.45) is 5.92 Å². The molecule has 1 aromatic heterocycles. The van der Waals surface area contributed by atoms with Crippen molar-refractivity contribution < 1.29 is 42.4 Å². The van der Waals surface area contributed by atoms with Gasteiger partial charge in [-0.1, -0.05) is 48.5 Å². The fraction of sp³-hybridized carbons (Fsp3) is 0.292. The number of carbonyl (C=O) groups is 1. The monoisotopic (exact) mass is 595 g/mol. The van der Waals surface area contributed by atoms with Crippen molar-refractivity contribution in [2.45, 2.75) is 31.0 Å². The van der Waals surface area contributed by atoms with Crippen LogP contribution in [0.4, 0.5) is 5.69 Å². The third kappa shape index (κ3) is 7.94. The first-order valence-corrected chi connectivity index (χ1v) is 15.2. The van der Waals surface area contributed by atoms with Gasteiger partial charge in [0.15, 0.2) is 6.23 Å². The molecule has 2 aromatic carbocycles. The largest absolute Gasteiger partial charge is 0.479 e. The first-order valence-electron chi connectivity index (χ1n) is 12.0. The molecular formula is C24H27N3O11P2. The summed E-state index contributed by atoms with van der Waals surface area (Å²) >= 11 is 0. The van der Waals surface area contributed by atoms with Gasteiger partial charge in [-0.15, -0.1) is 0 Å². The highest BCUT2D eigenvalue weighted by Crippen LogP contribution is 2.61. The van der Waals surface area contributed by atoms with Gasteiger partial charge in [0.05, 0.1) is 18.9 Å². The molecule has 1 aliphatic heterocycles. The van der Waals surface area contributed by atoms with Crippen LogP contribution in [0.25, 0.3) is 0 Å². The maximum absolute atomic E-state index is 12.7. The molecule has 0 spiro atoms. The lowest BCUT2D eigenvalue weighted by atomic mass is 9.94. The van der Waals surface area contributed by atoms with E-state index in [1.165, 1.54) is 12.1 Å². The topological polar surface area (TPSA) is 206 Å². The number of rotatable bonds is 11. The molecule has 1 aliphatic rings. The first kappa shape index (κ1) is 29.8. The molecule has 0 radical (unpaired) electrons. The molecule has 2 heterocycles. The molecule has 6 atom stereocenters. The van der Waals surface area contributed by atoms with E-state index in [2.05, 4.69) is 9.63 Å². The van der Waals surface area contributed by atoms with E-state index in [-0.39, 0.29) is 6.42 Å². The Morgan fingerprint density at radius 3 is 2.33 bits per heavy atom. The highest BCUT2D eigenvalue weighted by atomic mass is 31.3. The lowest BCUT2D eigenvalue weighted by Crippen LogP contribution is -2.36. The molecule has 1 saturated heterocycles. The highest BCUT2D eigenvalue weighted by Gasteiger charge is 2.47. The molecule has 2 unspecified atom stereocenters. The van der Waals surface area contributed by atoms with Crippen molar-refractivity contribution in [2.75, 3.05) is 11.9 Å². The minimum absolute atomic E-state index is 0.359. The standard InChI is InChI=1S/C24H27N3O11P2/c28-20-11-12-27(24(31)26-20)23-22(30)18(13-21(29)25-17-9-5-2-6-10-17)19(37-23)14-36-40(34,35)38-39(32,33)15-16-7-3-1-4-8-16/h1-12,18-19,22-23,30H,13-15H2,(H,25,29)(H,32,33)(H,34,35)(H,26,28,31)/t18-,19-,22-,23-/m1/s1. The zero-order valence-corrected chi connectivity index (χ0v) is 22.6. The van der Waals surface area contributed by atoms with Crippen molar-refractivity contribution in [3.8, 4) is 0 Å². The predicted octanol–water partition coefficient (Wildman–Crippen LogP) is 1.96. The van der Waals surface area contributed by atoms with Gasteiger partial charge in [-0.3, -0.25) is 28.2 Å². The Morgan fingerprint density at radius 1 is 1.02 bits per heavy atom. The summed E-state index contributed by atoms with van der Waals surface area (Å²) in [6.07, 6.45) is -3.97. The number of aromatic amines is 1. The second-order valence-corrected chi connectivity index (χ2v) is 12.4. The van der Waals surface area contributed by atoms with E-state index in [0.717, 1.165) is 16.8 Å². The number of carbonyl (C=O) groups excluding carboxylic acids is 1. The first-order chi connectivity index (χ1) is 18.9. The number of aromatic nitrogens is 2. The van der Waals surface area contributed by atoms with Crippen LogP contribution in [0.1, 0.15) is 18.2 Å². The average Bonchev–Trinajstić information content (AvgIpc) is 3.18. The van der Waals surface area contributed by atoms with Crippen LogP contribution >= 0.6 is 15.4 Å². The van der Waals surface area contributed by atoms with Crippen LogP contribution in [0, 0.1) is 5.92 Å². The number of ether oxygens (including phenoxy) is 1. The van der Waals surface area contributed by atoms with Gasteiger partial charge >= 0.3 is 21.1 Å². The quantitative estimate of drug-likeness (QED) is 0.203. The molecule has 0 saturated carbocycles. The van der Waals surface area contributed by atoms with E-state index < -0.39 is 69.7 Å². The van der Waals surface area contributed by atoms with Gasteiger partial charge in [-0.25, -0.2) is 13.7 Å². The van der Waals surface area contributed by atoms with Crippen molar-refractivity contribution in [1.29, 1.82) is 0 Å². The summed E-state index contributed by atoms with van der Waals surface area (Å²) in [7, 11) is -9.77. The van der Waals surface area contributed by atoms with Crippen molar-refractivity contribution >= 4 is 27.0 Å². The normalized spacial score (nSPS) is 23.7. The molecule has 3 aromatic rings. The van der Waals surface area contributed by atoms with Gasteiger partial charge in [-0.05, 0) is 17.7 Å². The number of nitrogens with one attached hydrogen (secondary N) is 2. The predicted molar refractivity (Wildman–Crippen MR) is 141 cm³/mol. The maximum atomic E-state index is 12.7. The number of hydrogen-bond acceptors (Lipinski definition) is 9. The molecule has 4 rings (SSSR count). The van der Waals surface area contributed by atoms with Crippen LogP contribution in [0.5, 0.6) is 0 Å². The molecular weight excluding hydrogens is 568 g/mol. The summed E-state index contributed by atoms with van der Waals surface area (Å²) < 4.78 is 41.2. The zero-order chi connectivity index (χ0) is 28.9. The Kier molecular flexibility index (Phi) is 9.34. The molecule has 0 aliphatic carbocycles. The summed E-state index contributed by atoms with van der Waals surface area (Å²) in [6.45, 7) is -0.756. The third-order valence-corrected chi connectivity index (χ3v) is 9.07. The molecule has 40 heavy (non-hydrogen) atoms.